The van der Waals surface area contributed by atoms with E-state index < -0.39 is 5.91 Å². The predicted octanol–water partition coefficient (Wildman–Crippen LogP) is 6.51. The maximum atomic E-state index is 13.1. The zero-order valence-electron chi connectivity index (χ0n) is 23.0. The number of anilines is 1. The molecule has 4 rings (SSSR count). The summed E-state index contributed by atoms with van der Waals surface area (Å²) in [6.45, 7) is 9.19. The molecule has 3 aromatic rings. The number of nitrogens with one attached hydrogen (secondary N) is 1. The summed E-state index contributed by atoms with van der Waals surface area (Å²) in [5.74, 6) is 2.67. The highest BCUT2D eigenvalue weighted by molar-refractivity contribution is 6.04. The van der Waals surface area contributed by atoms with Crippen molar-refractivity contribution < 1.29 is 28.2 Å². The van der Waals surface area contributed by atoms with Gasteiger partial charge in [0, 0.05) is 24.1 Å². The minimum atomic E-state index is -0.409. The summed E-state index contributed by atoms with van der Waals surface area (Å²) < 4.78 is 27.9. The second kappa shape index (κ2) is 10.0. The number of rotatable bonds is 8. The minimum Gasteiger partial charge on any atom is -0.496 e. The number of carbonyl (C=O) groups is 1. The molecular formula is C30H37NO6. The van der Waals surface area contributed by atoms with Crippen LogP contribution in [-0.4, -0.2) is 34.3 Å². The molecule has 0 atom stereocenters. The van der Waals surface area contributed by atoms with Gasteiger partial charge in [-0.25, -0.2) is 0 Å². The van der Waals surface area contributed by atoms with Gasteiger partial charge in [0.15, 0.2) is 5.76 Å². The van der Waals surface area contributed by atoms with Gasteiger partial charge in [0.1, 0.15) is 34.4 Å². The van der Waals surface area contributed by atoms with Gasteiger partial charge in [-0.05, 0) is 53.0 Å². The Morgan fingerprint density at radius 1 is 0.811 bits per heavy atom. The van der Waals surface area contributed by atoms with Crippen LogP contribution in [-0.2, 0) is 17.3 Å². The number of methoxy groups -OCH3 is 4. The maximum absolute atomic E-state index is 13.1. The molecular weight excluding hydrogens is 470 g/mol. The quantitative estimate of drug-likeness (QED) is 0.375. The fourth-order valence-corrected chi connectivity index (χ4v) is 5.05. The Hall–Kier alpha value is -3.61. The molecule has 7 heteroatoms. The molecule has 198 valence electrons. The number of benzene rings is 2. The van der Waals surface area contributed by atoms with E-state index in [0.29, 0.717) is 35.1 Å². The number of hydrogen-bond donors (Lipinski definition) is 1. The summed E-state index contributed by atoms with van der Waals surface area (Å²) in [5, 5.41) is 2.85. The van der Waals surface area contributed by atoms with Crippen molar-refractivity contribution in [3.05, 3.63) is 64.6 Å². The smallest absolute Gasteiger partial charge is 0.291 e. The average Bonchev–Trinajstić information content (AvgIpc) is 3.35. The molecule has 1 aliphatic carbocycles. The first kappa shape index (κ1) is 26.5. The molecule has 7 nitrogen and oxygen atoms in total. The van der Waals surface area contributed by atoms with Gasteiger partial charge in [0.25, 0.3) is 5.91 Å². The molecule has 1 N–H and O–H groups in total. The van der Waals surface area contributed by atoms with Crippen LogP contribution in [0.4, 0.5) is 5.69 Å². The molecule has 0 fully saturated rings. The van der Waals surface area contributed by atoms with E-state index in [2.05, 4.69) is 45.1 Å². The van der Waals surface area contributed by atoms with Crippen LogP contribution in [0.3, 0.4) is 0 Å². The van der Waals surface area contributed by atoms with E-state index in [1.54, 1.807) is 32.4 Å². The summed E-state index contributed by atoms with van der Waals surface area (Å²) in [6, 6.07) is 11.3. The zero-order valence-corrected chi connectivity index (χ0v) is 23.0. The maximum Gasteiger partial charge on any atom is 0.291 e. The Kier molecular flexibility index (Phi) is 7.18. The van der Waals surface area contributed by atoms with E-state index in [9.17, 15) is 4.79 Å². The minimum absolute atomic E-state index is 0.0799. The number of fused-ring (bicyclic) bond motifs is 1. The van der Waals surface area contributed by atoms with E-state index in [0.717, 1.165) is 24.2 Å². The Balaban J connectivity index is 1.61. The van der Waals surface area contributed by atoms with Crippen LogP contribution in [0.1, 0.15) is 73.5 Å². The SMILES string of the molecule is COc1cc(OC)c(NC(=O)c2ccc(Cc3cc4c(cc3OC)C(C)(C)CCC4(C)C)o2)c(OC)c1. The van der Waals surface area contributed by atoms with Crippen molar-refractivity contribution in [1.82, 2.24) is 0 Å². The highest BCUT2D eigenvalue weighted by Crippen LogP contribution is 2.48. The molecule has 1 aromatic heterocycles. The fraction of sp³-hybridized carbons (Fsp3) is 0.433. The average molecular weight is 508 g/mol. The van der Waals surface area contributed by atoms with Crippen molar-refractivity contribution in [3.63, 3.8) is 0 Å². The third-order valence-corrected chi connectivity index (χ3v) is 7.46. The van der Waals surface area contributed by atoms with Gasteiger partial charge < -0.3 is 28.7 Å². The zero-order chi connectivity index (χ0) is 27.0. The lowest BCUT2D eigenvalue weighted by atomic mass is 9.63. The van der Waals surface area contributed by atoms with Crippen LogP contribution >= 0.6 is 0 Å². The van der Waals surface area contributed by atoms with Crippen molar-refractivity contribution in [1.29, 1.82) is 0 Å². The summed E-state index contributed by atoms with van der Waals surface area (Å²) in [5.41, 5.74) is 4.29. The number of furan rings is 1. The first-order valence-corrected chi connectivity index (χ1v) is 12.4. The van der Waals surface area contributed by atoms with Gasteiger partial charge in [-0.2, -0.15) is 0 Å². The van der Waals surface area contributed by atoms with Gasteiger partial charge in [0.05, 0.1) is 28.4 Å². The Bertz CT molecular complexity index is 1280. The van der Waals surface area contributed by atoms with Gasteiger partial charge in [-0.15, -0.1) is 0 Å². The lowest BCUT2D eigenvalue weighted by Crippen LogP contribution is -2.34. The highest BCUT2D eigenvalue weighted by atomic mass is 16.5. The first-order valence-electron chi connectivity index (χ1n) is 12.4. The van der Waals surface area contributed by atoms with E-state index in [1.165, 1.54) is 25.3 Å². The first-order chi connectivity index (χ1) is 17.5. The van der Waals surface area contributed by atoms with Gasteiger partial charge in [-0.3, -0.25) is 4.79 Å². The van der Waals surface area contributed by atoms with E-state index in [4.69, 9.17) is 23.4 Å². The third-order valence-electron chi connectivity index (χ3n) is 7.46. The van der Waals surface area contributed by atoms with Crippen LogP contribution in [0.2, 0.25) is 0 Å². The van der Waals surface area contributed by atoms with Crippen molar-refractivity contribution in [3.8, 4) is 23.0 Å². The lowest BCUT2D eigenvalue weighted by molar-refractivity contribution is 0.0994. The molecule has 0 aliphatic heterocycles. The van der Waals surface area contributed by atoms with Crippen molar-refractivity contribution in [2.24, 2.45) is 0 Å². The predicted molar refractivity (Wildman–Crippen MR) is 144 cm³/mol. The third kappa shape index (κ3) is 5.13. The topological polar surface area (TPSA) is 79.2 Å². The molecule has 0 unspecified atom stereocenters. The summed E-state index contributed by atoms with van der Waals surface area (Å²) in [4.78, 5) is 13.1. The molecule has 0 saturated carbocycles. The molecule has 0 radical (unpaired) electrons. The van der Waals surface area contributed by atoms with E-state index >= 15 is 0 Å². The summed E-state index contributed by atoms with van der Waals surface area (Å²) >= 11 is 0. The fourth-order valence-electron chi connectivity index (χ4n) is 5.05. The van der Waals surface area contributed by atoms with Crippen LogP contribution < -0.4 is 24.3 Å². The molecule has 1 heterocycles. The number of carbonyl (C=O) groups excluding carboxylic acids is 1. The van der Waals surface area contributed by atoms with Crippen molar-refractivity contribution in [2.75, 3.05) is 33.8 Å². The van der Waals surface area contributed by atoms with Gasteiger partial charge in [0.2, 0.25) is 0 Å². The Morgan fingerprint density at radius 2 is 1.38 bits per heavy atom. The van der Waals surface area contributed by atoms with Crippen molar-refractivity contribution >= 4 is 11.6 Å². The number of hydrogen-bond acceptors (Lipinski definition) is 6. The highest BCUT2D eigenvalue weighted by Gasteiger charge is 2.38. The summed E-state index contributed by atoms with van der Waals surface area (Å²) in [6.07, 6.45) is 2.77. The van der Waals surface area contributed by atoms with E-state index in [-0.39, 0.29) is 16.6 Å². The molecule has 2 aromatic carbocycles. The normalized spacial score (nSPS) is 15.5. The Morgan fingerprint density at radius 3 is 1.92 bits per heavy atom. The molecule has 0 bridgehead atoms. The van der Waals surface area contributed by atoms with E-state index in [1.807, 2.05) is 6.07 Å². The van der Waals surface area contributed by atoms with Crippen LogP contribution in [0, 0.1) is 0 Å². The number of ether oxygens (including phenoxy) is 4. The van der Waals surface area contributed by atoms with Crippen molar-refractivity contribution in [2.45, 2.75) is 57.8 Å². The van der Waals surface area contributed by atoms with Gasteiger partial charge >= 0.3 is 0 Å². The Labute approximate surface area is 219 Å². The van der Waals surface area contributed by atoms with Crippen LogP contribution in [0.5, 0.6) is 23.0 Å². The molecule has 37 heavy (non-hydrogen) atoms. The largest absolute Gasteiger partial charge is 0.496 e. The second-order valence-electron chi connectivity index (χ2n) is 10.8. The van der Waals surface area contributed by atoms with Gasteiger partial charge in [-0.1, -0.05) is 33.8 Å². The molecule has 0 saturated heterocycles. The number of amides is 1. The molecule has 1 aliphatic rings. The summed E-state index contributed by atoms with van der Waals surface area (Å²) in [7, 11) is 6.28. The van der Waals surface area contributed by atoms with Crippen LogP contribution in [0.15, 0.2) is 40.8 Å². The monoisotopic (exact) mass is 507 g/mol. The standard InChI is InChI=1S/C30H37NO6/c1-29(2)11-12-30(3,4)22-17-24(34-6)18(14-21(22)29)13-19-9-10-23(37-19)28(32)31-27-25(35-7)15-20(33-5)16-26(27)36-8/h9-10,14-17H,11-13H2,1-8H3,(H,31,32). The molecule has 1 amide bonds. The second-order valence-corrected chi connectivity index (χ2v) is 10.8. The van der Waals surface area contributed by atoms with Crippen LogP contribution in [0.25, 0.3) is 0 Å². The lowest BCUT2D eigenvalue weighted by Gasteiger charge is -2.42. The molecule has 0 spiro atoms.